The Bertz CT molecular complexity index is 762. The summed E-state index contributed by atoms with van der Waals surface area (Å²) in [5.41, 5.74) is -5.10. The lowest BCUT2D eigenvalue weighted by Gasteiger charge is -2.30. The van der Waals surface area contributed by atoms with Gasteiger partial charge in [0.2, 0.25) is 54.9 Å². The molecular weight excluding hydrogens is 479 g/mol. The molecule has 0 N–H and O–H groups in total. The number of rotatable bonds is 15. The van der Waals surface area contributed by atoms with Gasteiger partial charge in [-0.15, -0.1) is 0 Å². The SMILES string of the molecule is [B]C(=O)OCC(C)(COC([B])=O)C(=O)OCC(C)(C=O)COC(=O)C(C)(COC([B])=O)COC([B])=O. The number of carbonyl (C=O) groups excluding carboxylic acids is 7. The van der Waals surface area contributed by atoms with Gasteiger partial charge in [0.25, 0.3) is 0 Å². The van der Waals surface area contributed by atoms with E-state index in [1.807, 2.05) is 0 Å². The number of ether oxygens (including phenoxy) is 6. The molecule has 8 radical (unpaired) electrons. The first-order valence-corrected chi connectivity index (χ1v) is 9.98. The molecule has 0 fully saturated rings. The smallest absolute Gasteiger partial charge is 0.318 e. The van der Waals surface area contributed by atoms with Crippen LogP contribution in [-0.2, 0) is 42.8 Å². The van der Waals surface area contributed by atoms with E-state index in [1.54, 1.807) is 0 Å². The molecule has 0 aliphatic carbocycles. The van der Waals surface area contributed by atoms with Gasteiger partial charge in [-0.25, -0.2) is 0 Å². The van der Waals surface area contributed by atoms with Gasteiger partial charge in [0.05, 0.1) is 5.41 Å². The van der Waals surface area contributed by atoms with Gasteiger partial charge >= 0.3 is 11.9 Å². The Morgan fingerprint density at radius 1 is 0.528 bits per heavy atom. The van der Waals surface area contributed by atoms with Gasteiger partial charge in [-0.3, -0.25) is 28.8 Å². The monoisotopic (exact) mass is 502 g/mol. The average molecular weight is 502 g/mol. The van der Waals surface area contributed by atoms with Crippen LogP contribution in [0.25, 0.3) is 0 Å². The molecule has 0 saturated heterocycles. The molecule has 0 aliphatic rings. The summed E-state index contributed by atoms with van der Waals surface area (Å²) >= 11 is 0. The number of aldehydes is 1. The fourth-order valence-corrected chi connectivity index (χ4v) is 2.16. The third kappa shape index (κ3) is 11.9. The van der Waals surface area contributed by atoms with Gasteiger partial charge in [0, 0.05) is 0 Å². The minimum Gasteiger partial charge on any atom is -0.473 e. The third-order valence-corrected chi connectivity index (χ3v) is 4.47. The van der Waals surface area contributed by atoms with E-state index in [2.05, 4.69) is 18.9 Å². The predicted molar refractivity (Wildman–Crippen MR) is 121 cm³/mol. The van der Waals surface area contributed by atoms with Gasteiger partial charge in [0.1, 0.15) is 56.8 Å². The van der Waals surface area contributed by atoms with Crippen LogP contribution < -0.4 is 0 Å². The highest BCUT2D eigenvalue weighted by Gasteiger charge is 2.42. The Hall–Kier alpha value is -3.25. The Morgan fingerprint density at radius 2 is 0.778 bits per heavy atom. The second-order valence-corrected chi connectivity index (χ2v) is 8.48. The van der Waals surface area contributed by atoms with E-state index in [1.165, 1.54) is 20.8 Å². The van der Waals surface area contributed by atoms with Crippen LogP contribution in [0.1, 0.15) is 20.8 Å². The first kappa shape index (κ1) is 32.7. The number of hydrogen-bond acceptors (Lipinski definition) is 13. The van der Waals surface area contributed by atoms with Crippen LogP contribution in [0.5, 0.6) is 0 Å². The highest BCUT2D eigenvalue weighted by Crippen LogP contribution is 2.25. The van der Waals surface area contributed by atoms with Crippen molar-refractivity contribution >= 4 is 73.1 Å². The molecule has 0 aromatic heterocycles. The van der Waals surface area contributed by atoms with Crippen molar-refractivity contribution in [3.63, 3.8) is 0 Å². The van der Waals surface area contributed by atoms with Crippen LogP contribution in [0.2, 0.25) is 0 Å². The molecule has 0 aliphatic heterocycles. The molecule has 0 amide bonds. The Morgan fingerprint density at radius 3 is 0.972 bits per heavy atom. The Labute approximate surface area is 212 Å². The normalized spacial score (nSPS) is 11.4. The van der Waals surface area contributed by atoms with E-state index in [4.69, 9.17) is 40.9 Å². The van der Waals surface area contributed by atoms with Crippen LogP contribution in [-0.4, -0.2) is 113 Å². The van der Waals surface area contributed by atoms with Crippen LogP contribution >= 0.6 is 0 Å². The summed E-state index contributed by atoms with van der Waals surface area (Å²) in [6.45, 7) is -0.202. The van der Waals surface area contributed by atoms with Crippen molar-refractivity contribution < 1.29 is 62.0 Å². The van der Waals surface area contributed by atoms with E-state index in [0.29, 0.717) is 6.29 Å². The first-order valence-electron chi connectivity index (χ1n) is 9.98. The molecule has 36 heavy (non-hydrogen) atoms. The molecule has 0 heterocycles. The summed E-state index contributed by atoms with van der Waals surface area (Å²) in [5.74, 6) is -7.02. The summed E-state index contributed by atoms with van der Waals surface area (Å²) < 4.78 is 28.6. The maximum atomic E-state index is 12.6. The lowest BCUT2D eigenvalue weighted by molar-refractivity contribution is -0.169. The lowest BCUT2D eigenvalue weighted by atomic mass is 9.91. The second kappa shape index (κ2) is 14.3. The van der Waals surface area contributed by atoms with E-state index < -0.39 is 91.3 Å². The zero-order valence-electron chi connectivity index (χ0n) is 19.9. The highest BCUT2D eigenvalue weighted by atomic mass is 16.6. The van der Waals surface area contributed by atoms with E-state index in [9.17, 15) is 33.6 Å². The van der Waals surface area contributed by atoms with Crippen molar-refractivity contribution in [3.05, 3.63) is 0 Å². The second-order valence-electron chi connectivity index (χ2n) is 8.48. The summed E-state index contributed by atoms with van der Waals surface area (Å²) in [4.78, 5) is 80.6. The topological polar surface area (TPSA) is 175 Å². The fraction of sp³-hybridized carbons (Fsp3) is 0.632. The minimum absolute atomic E-state index is 0.335. The van der Waals surface area contributed by atoms with Crippen molar-refractivity contribution in [3.8, 4) is 0 Å². The van der Waals surface area contributed by atoms with Gasteiger partial charge < -0.3 is 33.2 Å². The molecule has 0 spiro atoms. The standard InChI is InChI=1S/C19H22B4O13/c1-17(4-24,5-31-11(25)18(2,7-33-13(20)27)8-34-14(21)28)6-32-12(26)19(3,9-35-15(22)29)10-36-16(23)30/h4H,5-10H2,1-3H3. The van der Waals surface area contributed by atoms with Crippen LogP contribution in [0.15, 0.2) is 0 Å². The molecule has 0 aromatic rings. The highest BCUT2D eigenvalue weighted by molar-refractivity contribution is 6.55. The Balaban J connectivity index is 5.36. The Kier molecular flexibility index (Phi) is 13.0. The molecule has 0 rings (SSSR count). The molecule has 13 nitrogen and oxygen atoms in total. The van der Waals surface area contributed by atoms with E-state index in [0.717, 1.165) is 0 Å². The molecule has 188 valence electrons. The van der Waals surface area contributed by atoms with Crippen molar-refractivity contribution in [2.45, 2.75) is 20.8 Å². The molecule has 0 unspecified atom stereocenters. The number of esters is 2. The maximum Gasteiger partial charge on any atom is 0.318 e. The zero-order chi connectivity index (χ0) is 28.2. The molecule has 0 atom stereocenters. The van der Waals surface area contributed by atoms with E-state index in [-0.39, 0.29) is 0 Å². The average Bonchev–Trinajstić information content (AvgIpc) is 2.80. The summed E-state index contributed by atoms with van der Waals surface area (Å²) in [5, 5.41) is 0. The molecular formula is C19H22B4O13. The van der Waals surface area contributed by atoms with Crippen molar-refractivity contribution in [2.75, 3.05) is 39.6 Å². The van der Waals surface area contributed by atoms with Gasteiger partial charge in [-0.1, -0.05) is 0 Å². The maximum absolute atomic E-state index is 12.6. The molecule has 17 heteroatoms. The van der Waals surface area contributed by atoms with Gasteiger partial charge in [-0.05, 0) is 20.8 Å². The zero-order valence-corrected chi connectivity index (χ0v) is 19.9. The largest absolute Gasteiger partial charge is 0.473 e. The van der Waals surface area contributed by atoms with Gasteiger partial charge in [-0.2, -0.15) is 0 Å². The van der Waals surface area contributed by atoms with Crippen LogP contribution in [0, 0.1) is 16.2 Å². The fourth-order valence-electron chi connectivity index (χ4n) is 2.16. The molecule has 0 bridgehead atoms. The summed E-state index contributed by atoms with van der Waals surface area (Å²) in [6.07, 6.45) is 0.335. The summed E-state index contributed by atoms with van der Waals surface area (Å²) in [6, 6.07) is 0. The predicted octanol–water partition coefficient (Wildman–Crippen LogP) is -0.489. The minimum atomic E-state index is -1.75. The first-order chi connectivity index (χ1) is 16.5. The van der Waals surface area contributed by atoms with Gasteiger partial charge in [0.15, 0.2) is 0 Å². The third-order valence-electron chi connectivity index (χ3n) is 4.47. The molecule has 0 aromatic carbocycles. The molecule has 0 saturated carbocycles. The van der Waals surface area contributed by atoms with Crippen molar-refractivity contribution in [2.24, 2.45) is 16.2 Å². The van der Waals surface area contributed by atoms with E-state index >= 15 is 0 Å². The quantitative estimate of drug-likeness (QED) is 0.122. The van der Waals surface area contributed by atoms with Crippen LogP contribution in [0.4, 0.5) is 19.2 Å². The number of hydrogen-bond donors (Lipinski definition) is 0. The van der Waals surface area contributed by atoms with Crippen molar-refractivity contribution in [1.29, 1.82) is 0 Å². The summed E-state index contributed by atoms with van der Waals surface area (Å²) in [7, 11) is 19.6. The number of carbonyl (C=O) groups is 7. The lowest BCUT2D eigenvalue weighted by Crippen LogP contribution is -2.44. The van der Waals surface area contributed by atoms with Crippen molar-refractivity contribution in [1.82, 2.24) is 0 Å². The van der Waals surface area contributed by atoms with Crippen LogP contribution in [0.3, 0.4) is 0 Å².